The molecule has 0 aliphatic carbocycles. The highest BCUT2D eigenvalue weighted by molar-refractivity contribution is 5.90. The van der Waals surface area contributed by atoms with Crippen molar-refractivity contribution in [1.29, 1.82) is 0 Å². The van der Waals surface area contributed by atoms with Crippen molar-refractivity contribution in [3.05, 3.63) is 79.3 Å². The molecule has 5 rings (SSSR count). The summed E-state index contributed by atoms with van der Waals surface area (Å²) in [4.78, 5) is 41.8. The first-order valence-corrected chi connectivity index (χ1v) is 12.3. The Morgan fingerprint density at radius 3 is 2.59 bits per heavy atom. The third-order valence-corrected chi connectivity index (χ3v) is 6.54. The number of hydrogen-bond donors (Lipinski definition) is 0. The number of fused-ring (bicyclic) bond motifs is 1. The molecule has 1 aromatic heterocycles. The molecule has 0 radical (unpaired) electrons. The van der Waals surface area contributed by atoms with Crippen LogP contribution in [0.25, 0.3) is 0 Å². The van der Waals surface area contributed by atoms with Gasteiger partial charge in [-0.15, -0.1) is 0 Å². The van der Waals surface area contributed by atoms with Gasteiger partial charge in [-0.3, -0.25) is 9.59 Å². The van der Waals surface area contributed by atoms with Crippen molar-refractivity contribution in [2.45, 2.75) is 18.6 Å². The van der Waals surface area contributed by atoms with E-state index in [9.17, 15) is 9.59 Å². The van der Waals surface area contributed by atoms with Gasteiger partial charge in [0.1, 0.15) is 23.5 Å². The van der Waals surface area contributed by atoms with Crippen LogP contribution in [0.4, 0.5) is 17.2 Å². The van der Waals surface area contributed by atoms with Crippen molar-refractivity contribution in [1.82, 2.24) is 19.8 Å². The molecule has 9 nitrogen and oxygen atoms in total. The van der Waals surface area contributed by atoms with Gasteiger partial charge in [0.2, 0.25) is 5.91 Å². The Balaban J connectivity index is 1.36. The number of para-hydroxylation sites is 1. The fourth-order valence-electron chi connectivity index (χ4n) is 4.82. The van der Waals surface area contributed by atoms with Crippen molar-refractivity contribution in [3.8, 4) is 11.5 Å². The first kappa shape index (κ1) is 24.5. The standard InChI is InChI=1S/C28H30N6O3/c1-31(2)15-6-9-27(36)32-16-14-22(18-32)34-26(19-35)33(25-17-29-20-30-28(25)34)21-10-12-24(13-11-21)37-23-7-4-3-5-8-23/h3-13,17,19-20,22,26H,14-16,18H2,1-2H3/b9-6+. The summed E-state index contributed by atoms with van der Waals surface area (Å²) >= 11 is 0. The van der Waals surface area contributed by atoms with Gasteiger partial charge in [0, 0.05) is 31.4 Å². The predicted octanol–water partition coefficient (Wildman–Crippen LogP) is 3.47. The van der Waals surface area contributed by atoms with E-state index < -0.39 is 6.17 Å². The van der Waals surface area contributed by atoms with Gasteiger partial charge in [0.25, 0.3) is 0 Å². The van der Waals surface area contributed by atoms with Gasteiger partial charge in [0.15, 0.2) is 18.3 Å². The van der Waals surface area contributed by atoms with Gasteiger partial charge < -0.3 is 24.3 Å². The first-order valence-electron chi connectivity index (χ1n) is 12.3. The minimum absolute atomic E-state index is 0.0139. The number of nitrogens with zero attached hydrogens (tertiary/aromatic N) is 6. The Labute approximate surface area is 216 Å². The van der Waals surface area contributed by atoms with Crippen LogP contribution in [0.15, 0.2) is 79.3 Å². The van der Waals surface area contributed by atoms with Crippen LogP contribution in [0, 0.1) is 0 Å². The minimum atomic E-state index is -0.600. The Morgan fingerprint density at radius 1 is 1.11 bits per heavy atom. The largest absolute Gasteiger partial charge is 0.457 e. The van der Waals surface area contributed by atoms with Gasteiger partial charge >= 0.3 is 0 Å². The summed E-state index contributed by atoms with van der Waals surface area (Å²) < 4.78 is 5.93. The van der Waals surface area contributed by atoms with Crippen molar-refractivity contribution in [3.63, 3.8) is 0 Å². The molecule has 1 amide bonds. The number of carbonyl (C=O) groups excluding carboxylic acids is 2. The van der Waals surface area contributed by atoms with Crippen LogP contribution >= 0.6 is 0 Å². The maximum atomic E-state index is 12.7. The number of anilines is 3. The summed E-state index contributed by atoms with van der Waals surface area (Å²) in [7, 11) is 3.92. The average Bonchev–Trinajstić information content (AvgIpc) is 3.52. The predicted molar refractivity (Wildman–Crippen MR) is 142 cm³/mol. The zero-order chi connectivity index (χ0) is 25.8. The van der Waals surface area contributed by atoms with E-state index in [1.807, 2.05) is 94.4 Å². The van der Waals surface area contributed by atoms with Crippen molar-refractivity contribution < 1.29 is 14.3 Å². The Bertz CT molecular complexity index is 1260. The molecule has 2 aliphatic rings. The quantitative estimate of drug-likeness (QED) is 0.345. The third kappa shape index (κ3) is 5.17. The lowest BCUT2D eigenvalue weighted by atomic mass is 10.2. The molecule has 3 aromatic rings. The Hall–Kier alpha value is -4.24. The minimum Gasteiger partial charge on any atom is -0.457 e. The normalized spacial score (nSPS) is 19.1. The number of carbonyl (C=O) groups is 2. The Morgan fingerprint density at radius 2 is 1.86 bits per heavy atom. The van der Waals surface area contributed by atoms with Gasteiger partial charge in [0.05, 0.1) is 12.2 Å². The summed E-state index contributed by atoms with van der Waals surface area (Å²) in [6, 6.07) is 17.2. The molecule has 0 bridgehead atoms. The van der Waals surface area contributed by atoms with Crippen molar-refractivity contribution in [2.75, 3.05) is 43.5 Å². The van der Waals surface area contributed by atoms with Crippen LogP contribution in [0.3, 0.4) is 0 Å². The van der Waals surface area contributed by atoms with E-state index in [0.717, 1.165) is 29.8 Å². The monoisotopic (exact) mass is 498 g/mol. The van der Waals surface area contributed by atoms with Gasteiger partial charge in [-0.1, -0.05) is 24.3 Å². The molecule has 190 valence electrons. The van der Waals surface area contributed by atoms with Crippen molar-refractivity contribution >= 4 is 29.4 Å². The van der Waals surface area contributed by atoms with Gasteiger partial charge in [-0.05, 0) is 56.9 Å². The third-order valence-electron chi connectivity index (χ3n) is 6.54. The second-order valence-corrected chi connectivity index (χ2v) is 9.36. The molecule has 2 aromatic carbocycles. The van der Waals surface area contributed by atoms with E-state index in [1.54, 1.807) is 12.3 Å². The SMILES string of the molecule is CN(C)C/C=C/C(=O)N1CCC(N2c3ncncc3N(c3ccc(Oc4ccccc4)cc3)C2C=O)C1. The number of ether oxygens (including phenoxy) is 1. The molecule has 2 unspecified atom stereocenters. The maximum absolute atomic E-state index is 12.7. The molecule has 9 heteroatoms. The van der Waals surface area contributed by atoms with Crippen LogP contribution < -0.4 is 14.5 Å². The van der Waals surface area contributed by atoms with E-state index in [0.29, 0.717) is 31.2 Å². The van der Waals surface area contributed by atoms with Crippen LogP contribution in [0.5, 0.6) is 11.5 Å². The lowest BCUT2D eigenvalue weighted by Crippen LogP contribution is -2.49. The number of likely N-dealkylation sites (tertiary alicyclic amines) is 1. The summed E-state index contributed by atoms with van der Waals surface area (Å²) in [5.41, 5.74) is 1.58. The fraction of sp³-hybridized carbons (Fsp3) is 0.286. The molecule has 0 spiro atoms. The Kier molecular flexibility index (Phi) is 7.14. The summed E-state index contributed by atoms with van der Waals surface area (Å²) in [5.74, 6) is 2.13. The topological polar surface area (TPSA) is 82.1 Å². The number of hydrogen-bond acceptors (Lipinski definition) is 8. The van der Waals surface area contributed by atoms with Gasteiger partial charge in [-0.25, -0.2) is 9.97 Å². The number of benzene rings is 2. The van der Waals surface area contributed by atoms with E-state index >= 15 is 0 Å². The fourth-order valence-corrected chi connectivity index (χ4v) is 4.82. The number of aromatic nitrogens is 2. The van der Waals surface area contributed by atoms with E-state index in [-0.39, 0.29) is 11.9 Å². The second kappa shape index (κ2) is 10.8. The average molecular weight is 499 g/mol. The highest BCUT2D eigenvalue weighted by Gasteiger charge is 2.44. The highest BCUT2D eigenvalue weighted by Crippen LogP contribution is 2.44. The molecule has 2 atom stereocenters. The summed E-state index contributed by atoms with van der Waals surface area (Å²) in [6.07, 6.45) is 7.80. The molecule has 1 fully saturated rings. The molecular formula is C28H30N6O3. The summed E-state index contributed by atoms with van der Waals surface area (Å²) in [5, 5.41) is 0. The van der Waals surface area contributed by atoms with Crippen LogP contribution in [-0.4, -0.2) is 77.9 Å². The summed E-state index contributed by atoms with van der Waals surface area (Å²) in [6.45, 7) is 1.86. The molecule has 2 aliphatic heterocycles. The number of amides is 1. The molecule has 37 heavy (non-hydrogen) atoms. The molecular weight excluding hydrogens is 468 g/mol. The molecule has 1 saturated heterocycles. The van der Waals surface area contributed by atoms with Crippen LogP contribution in [0.2, 0.25) is 0 Å². The van der Waals surface area contributed by atoms with Crippen LogP contribution in [-0.2, 0) is 9.59 Å². The molecule has 0 saturated carbocycles. The number of aldehydes is 1. The van der Waals surface area contributed by atoms with E-state index in [1.165, 1.54) is 6.33 Å². The smallest absolute Gasteiger partial charge is 0.246 e. The van der Waals surface area contributed by atoms with E-state index in [2.05, 4.69) is 9.97 Å². The van der Waals surface area contributed by atoms with E-state index in [4.69, 9.17) is 4.74 Å². The lowest BCUT2D eigenvalue weighted by molar-refractivity contribution is -0.125. The zero-order valence-corrected chi connectivity index (χ0v) is 21.0. The lowest BCUT2D eigenvalue weighted by Gasteiger charge is -2.32. The van der Waals surface area contributed by atoms with Crippen LogP contribution in [0.1, 0.15) is 6.42 Å². The van der Waals surface area contributed by atoms with Crippen molar-refractivity contribution in [2.24, 2.45) is 0 Å². The number of likely N-dealkylation sites (N-methyl/N-ethyl adjacent to an activating group) is 1. The van der Waals surface area contributed by atoms with Gasteiger partial charge in [-0.2, -0.15) is 0 Å². The maximum Gasteiger partial charge on any atom is 0.246 e. The molecule has 0 N–H and O–H groups in total. The first-order chi connectivity index (χ1) is 18.0. The molecule has 3 heterocycles. The number of rotatable bonds is 8. The zero-order valence-electron chi connectivity index (χ0n) is 21.0. The second-order valence-electron chi connectivity index (χ2n) is 9.36. The highest BCUT2D eigenvalue weighted by atomic mass is 16.5.